The maximum atomic E-state index is 11.0. The molecular weight excluding hydrogens is 268 g/mol. The van der Waals surface area contributed by atoms with Gasteiger partial charge in [0.05, 0.1) is 6.10 Å². The van der Waals surface area contributed by atoms with Gasteiger partial charge in [0.2, 0.25) is 0 Å². The quantitative estimate of drug-likeness (QED) is 0.646. The molecule has 0 aromatic heterocycles. The summed E-state index contributed by atoms with van der Waals surface area (Å²) in [6.45, 7) is 10.0. The average molecular weight is 305 g/mol. The molecule has 0 aliphatic heterocycles. The predicted molar refractivity (Wildman–Crippen MR) is 91.4 cm³/mol. The summed E-state index contributed by atoms with van der Waals surface area (Å²) >= 11 is 0. The van der Waals surface area contributed by atoms with Gasteiger partial charge in [-0.2, -0.15) is 0 Å². The van der Waals surface area contributed by atoms with Gasteiger partial charge >= 0.3 is 0 Å². The lowest BCUT2D eigenvalue weighted by molar-refractivity contribution is -0.162. The molecule has 0 heterocycles. The Morgan fingerprint density at radius 1 is 0.773 bits per heavy atom. The minimum absolute atomic E-state index is 0.0211. The molecule has 0 spiro atoms. The summed E-state index contributed by atoms with van der Waals surface area (Å²) in [7, 11) is 0. The van der Waals surface area contributed by atoms with Crippen LogP contribution in [0.5, 0.6) is 0 Å². The van der Waals surface area contributed by atoms with Crippen LogP contribution < -0.4 is 0 Å². The fraction of sp³-hybridized carbons (Fsp3) is 1.00. The maximum absolute atomic E-state index is 11.0. The lowest BCUT2D eigenvalue weighted by Gasteiger charge is -2.62. The molecule has 1 nitrogen and oxygen atoms in total. The summed E-state index contributed by atoms with van der Waals surface area (Å²) in [6.07, 6.45) is 10.9. The van der Waals surface area contributed by atoms with E-state index in [1.54, 1.807) is 0 Å². The van der Waals surface area contributed by atoms with Gasteiger partial charge in [-0.15, -0.1) is 0 Å². The van der Waals surface area contributed by atoms with Crippen LogP contribution in [0.2, 0.25) is 0 Å². The van der Waals surface area contributed by atoms with Crippen LogP contribution in [0, 0.1) is 46.3 Å². The first-order valence-electron chi connectivity index (χ1n) is 10.0. The Kier molecular flexibility index (Phi) is 3.50. The van der Waals surface area contributed by atoms with Crippen molar-refractivity contribution in [1.82, 2.24) is 0 Å². The molecule has 4 rings (SSSR count). The van der Waals surface area contributed by atoms with Crippen LogP contribution in [0.3, 0.4) is 0 Å². The van der Waals surface area contributed by atoms with Crippen LogP contribution in [0.1, 0.15) is 79.1 Å². The number of aliphatic hydroxyl groups is 1. The standard InChI is InChI=1S/C21H36O/c1-13-7-9-21(4)17-8-10-20(3)14(2)5-6-16(20)15(17)12-19(22)18(21)11-13/h13-19,22H,5-12H2,1-4H3/t13-,14-,15?,16?,17?,18-,19+,20+,21+/m0/s1. The summed E-state index contributed by atoms with van der Waals surface area (Å²) in [5, 5.41) is 11.0. The monoisotopic (exact) mass is 304 g/mol. The molecular formula is C21H36O. The first kappa shape index (κ1) is 15.5. The molecule has 1 N–H and O–H groups in total. The van der Waals surface area contributed by atoms with Crippen LogP contribution in [0.25, 0.3) is 0 Å². The fourth-order valence-corrected chi connectivity index (χ4v) is 7.76. The van der Waals surface area contributed by atoms with Crippen LogP contribution >= 0.6 is 0 Å². The molecule has 3 unspecified atom stereocenters. The van der Waals surface area contributed by atoms with Crippen molar-refractivity contribution in [2.45, 2.75) is 85.2 Å². The number of hydrogen-bond donors (Lipinski definition) is 1. The van der Waals surface area contributed by atoms with Crippen molar-refractivity contribution >= 4 is 0 Å². The van der Waals surface area contributed by atoms with E-state index in [9.17, 15) is 5.11 Å². The van der Waals surface area contributed by atoms with Crippen LogP contribution in [0.15, 0.2) is 0 Å². The van der Waals surface area contributed by atoms with Gasteiger partial charge in [0.15, 0.2) is 0 Å². The average Bonchev–Trinajstić information content (AvgIpc) is 2.77. The molecule has 1 heteroatoms. The van der Waals surface area contributed by atoms with E-state index < -0.39 is 0 Å². The second kappa shape index (κ2) is 4.98. The molecule has 0 saturated heterocycles. The SMILES string of the molecule is C[C@H]1CC[C@]2(C)C3CC[C@@]4(C)C(CC[C@@H]4C)C3C[C@@H](O)[C@@H]2C1. The van der Waals surface area contributed by atoms with Crippen molar-refractivity contribution in [3.05, 3.63) is 0 Å². The molecule has 126 valence electrons. The third kappa shape index (κ3) is 1.93. The summed E-state index contributed by atoms with van der Waals surface area (Å²) in [6, 6.07) is 0. The first-order valence-corrected chi connectivity index (χ1v) is 10.0. The van der Waals surface area contributed by atoms with Crippen molar-refractivity contribution in [2.75, 3.05) is 0 Å². The minimum Gasteiger partial charge on any atom is -0.393 e. The Morgan fingerprint density at radius 2 is 1.45 bits per heavy atom. The van der Waals surface area contributed by atoms with Crippen molar-refractivity contribution in [2.24, 2.45) is 46.3 Å². The van der Waals surface area contributed by atoms with Crippen LogP contribution in [-0.4, -0.2) is 11.2 Å². The molecule has 0 aromatic carbocycles. The van der Waals surface area contributed by atoms with E-state index in [1.165, 1.54) is 44.9 Å². The molecule has 4 saturated carbocycles. The van der Waals surface area contributed by atoms with Gasteiger partial charge in [-0.05, 0) is 91.3 Å². The summed E-state index contributed by atoms with van der Waals surface area (Å²) in [5.74, 6) is 4.91. The van der Waals surface area contributed by atoms with Crippen LogP contribution in [-0.2, 0) is 0 Å². The number of aliphatic hydroxyl groups excluding tert-OH is 1. The number of hydrogen-bond acceptors (Lipinski definition) is 1. The van der Waals surface area contributed by atoms with Crippen LogP contribution in [0.4, 0.5) is 0 Å². The molecule has 4 fully saturated rings. The van der Waals surface area contributed by atoms with Gasteiger partial charge in [-0.3, -0.25) is 0 Å². The third-order valence-corrected chi connectivity index (χ3v) is 9.42. The molecule has 0 bridgehead atoms. The predicted octanol–water partition coefficient (Wildman–Crippen LogP) is 5.27. The van der Waals surface area contributed by atoms with E-state index in [0.29, 0.717) is 16.7 Å². The second-order valence-electron chi connectivity index (χ2n) is 10.2. The van der Waals surface area contributed by atoms with Crippen molar-refractivity contribution in [1.29, 1.82) is 0 Å². The van der Waals surface area contributed by atoms with Gasteiger partial charge < -0.3 is 5.11 Å². The molecule has 22 heavy (non-hydrogen) atoms. The Morgan fingerprint density at radius 3 is 2.23 bits per heavy atom. The van der Waals surface area contributed by atoms with E-state index in [0.717, 1.165) is 36.0 Å². The van der Waals surface area contributed by atoms with Crippen molar-refractivity contribution in [3.63, 3.8) is 0 Å². The molecule has 9 atom stereocenters. The number of rotatable bonds is 0. The van der Waals surface area contributed by atoms with Gasteiger partial charge in [-0.1, -0.05) is 34.1 Å². The molecule has 4 aliphatic carbocycles. The zero-order valence-electron chi connectivity index (χ0n) is 15.1. The van der Waals surface area contributed by atoms with Crippen molar-refractivity contribution < 1.29 is 5.11 Å². The minimum atomic E-state index is -0.0211. The van der Waals surface area contributed by atoms with Crippen molar-refractivity contribution in [3.8, 4) is 0 Å². The Bertz CT molecular complexity index is 445. The second-order valence-corrected chi connectivity index (χ2v) is 10.2. The molecule has 0 radical (unpaired) electrons. The smallest absolute Gasteiger partial charge is 0.0576 e. The number of fused-ring (bicyclic) bond motifs is 5. The maximum Gasteiger partial charge on any atom is 0.0576 e. The summed E-state index contributed by atoms with van der Waals surface area (Å²) in [5.41, 5.74) is 1.01. The van der Waals surface area contributed by atoms with Gasteiger partial charge in [0.1, 0.15) is 0 Å². The van der Waals surface area contributed by atoms with Gasteiger partial charge in [0.25, 0.3) is 0 Å². The zero-order valence-corrected chi connectivity index (χ0v) is 15.1. The lowest BCUT2D eigenvalue weighted by Crippen LogP contribution is -2.57. The largest absolute Gasteiger partial charge is 0.393 e. The molecule has 0 amide bonds. The highest BCUT2D eigenvalue weighted by Gasteiger charge is 2.61. The highest BCUT2D eigenvalue weighted by atomic mass is 16.3. The highest BCUT2D eigenvalue weighted by Crippen LogP contribution is 2.67. The Balaban J connectivity index is 1.66. The fourth-order valence-electron chi connectivity index (χ4n) is 7.76. The van der Waals surface area contributed by atoms with Gasteiger partial charge in [-0.25, -0.2) is 0 Å². The summed E-state index contributed by atoms with van der Waals surface area (Å²) in [4.78, 5) is 0. The lowest BCUT2D eigenvalue weighted by atomic mass is 9.43. The molecule has 0 aromatic rings. The Hall–Kier alpha value is -0.0400. The Labute approximate surface area is 137 Å². The van der Waals surface area contributed by atoms with E-state index in [4.69, 9.17) is 0 Å². The van der Waals surface area contributed by atoms with E-state index >= 15 is 0 Å². The highest BCUT2D eigenvalue weighted by molar-refractivity contribution is 5.10. The zero-order chi connectivity index (χ0) is 15.7. The summed E-state index contributed by atoms with van der Waals surface area (Å²) < 4.78 is 0. The van der Waals surface area contributed by atoms with E-state index in [-0.39, 0.29) is 6.10 Å². The first-order chi connectivity index (χ1) is 10.4. The van der Waals surface area contributed by atoms with E-state index in [2.05, 4.69) is 27.7 Å². The topological polar surface area (TPSA) is 20.2 Å². The van der Waals surface area contributed by atoms with E-state index in [1.807, 2.05) is 0 Å². The molecule has 4 aliphatic rings. The van der Waals surface area contributed by atoms with Gasteiger partial charge in [0, 0.05) is 0 Å². The third-order valence-electron chi connectivity index (χ3n) is 9.42. The normalized spacial score (nSPS) is 61.2.